The maximum atomic E-state index is 16.3. The van der Waals surface area contributed by atoms with Crippen LogP contribution in [0.15, 0.2) is 36.5 Å². The highest BCUT2D eigenvalue weighted by Gasteiger charge is 2.42. The van der Waals surface area contributed by atoms with Crippen molar-refractivity contribution in [2.24, 2.45) is 5.92 Å². The van der Waals surface area contributed by atoms with Crippen LogP contribution < -0.4 is 4.90 Å². The highest BCUT2D eigenvalue weighted by atomic mass is 19.1. The zero-order valence-corrected chi connectivity index (χ0v) is 21.3. The van der Waals surface area contributed by atoms with Crippen molar-refractivity contribution < 1.29 is 8.78 Å². The molecule has 0 amide bonds. The van der Waals surface area contributed by atoms with E-state index in [9.17, 15) is 4.39 Å². The number of rotatable bonds is 5. The molecule has 0 spiro atoms. The molecule has 37 heavy (non-hydrogen) atoms. The summed E-state index contributed by atoms with van der Waals surface area (Å²) >= 11 is 0. The predicted octanol–water partition coefficient (Wildman–Crippen LogP) is 6.06. The fourth-order valence-corrected chi connectivity index (χ4v) is 6.45. The highest BCUT2D eigenvalue weighted by molar-refractivity contribution is 5.99. The average molecular weight is 500 g/mol. The fourth-order valence-electron chi connectivity index (χ4n) is 6.45. The van der Waals surface area contributed by atoms with Crippen LogP contribution in [0.25, 0.3) is 32.9 Å². The van der Waals surface area contributed by atoms with Crippen molar-refractivity contribution in [3.8, 4) is 11.3 Å². The Morgan fingerprint density at radius 2 is 1.78 bits per heavy atom. The molecule has 3 fully saturated rings. The van der Waals surface area contributed by atoms with Gasteiger partial charge in [0.2, 0.25) is 0 Å². The minimum Gasteiger partial charge on any atom is -0.353 e. The molecule has 2 atom stereocenters. The number of pyridine rings is 1. The zero-order valence-electron chi connectivity index (χ0n) is 21.3. The SMILES string of the molecule is CCc1nc(N2CC3CCC(C2)N3CC2CC2)c2cnc(-c3cc(C)cc4cccc(F)c34)c(F)c2n1. The Labute approximate surface area is 215 Å². The maximum Gasteiger partial charge on any atom is 0.175 e. The number of hydrogen-bond acceptors (Lipinski definition) is 5. The molecule has 0 radical (unpaired) electrons. The third-order valence-electron chi connectivity index (χ3n) is 8.45. The Kier molecular flexibility index (Phi) is 5.39. The van der Waals surface area contributed by atoms with Gasteiger partial charge in [0.1, 0.15) is 28.7 Å². The van der Waals surface area contributed by atoms with E-state index in [1.165, 1.54) is 38.3 Å². The summed E-state index contributed by atoms with van der Waals surface area (Å²) in [5.74, 6) is 1.38. The fraction of sp³-hybridized carbons (Fsp3) is 0.433. The van der Waals surface area contributed by atoms with Crippen LogP contribution in [0, 0.1) is 24.5 Å². The van der Waals surface area contributed by atoms with Gasteiger partial charge in [-0.15, -0.1) is 0 Å². The lowest BCUT2D eigenvalue weighted by Gasteiger charge is -2.42. The second-order valence-electron chi connectivity index (χ2n) is 11.1. The summed E-state index contributed by atoms with van der Waals surface area (Å²) in [5, 5.41) is 1.74. The summed E-state index contributed by atoms with van der Waals surface area (Å²) in [4.78, 5) is 19.1. The molecule has 7 heteroatoms. The van der Waals surface area contributed by atoms with E-state index in [-0.39, 0.29) is 17.0 Å². The number of nitrogens with zero attached hydrogens (tertiary/aromatic N) is 5. The van der Waals surface area contributed by atoms with Gasteiger partial charge in [0.15, 0.2) is 5.82 Å². The Morgan fingerprint density at radius 3 is 2.51 bits per heavy atom. The molecule has 2 aliphatic heterocycles. The van der Waals surface area contributed by atoms with Crippen LogP contribution in [0.1, 0.15) is 44.0 Å². The molecule has 2 aromatic heterocycles. The third-order valence-corrected chi connectivity index (χ3v) is 8.45. The van der Waals surface area contributed by atoms with Crippen LogP contribution in [0.5, 0.6) is 0 Å². The van der Waals surface area contributed by atoms with Gasteiger partial charge in [0.25, 0.3) is 0 Å². The zero-order chi connectivity index (χ0) is 25.3. The van der Waals surface area contributed by atoms with Crippen LogP contribution in [-0.4, -0.2) is 51.6 Å². The molecule has 4 heterocycles. The molecule has 2 saturated heterocycles. The Bertz CT molecular complexity index is 1520. The molecule has 4 aromatic rings. The maximum absolute atomic E-state index is 16.3. The van der Waals surface area contributed by atoms with E-state index in [0.717, 1.165) is 35.8 Å². The first-order chi connectivity index (χ1) is 18.0. The highest BCUT2D eigenvalue weighted by Crippen LogP contribution is 2.40. The largest absolute Gasteiger partial charge is 0.353 e. The van der Waals surface area contributed by atoms with E-state index in [1.807, 2.05) is 32.0 Å². The normalized spacial score (nSPS) is 21.9. The molecular formula is C30H31F2N5. The molecule has 2 unspecified atom stereocenters. The van der Waals surface area contributed by atoms with Crippen molar-refractivity contribution in [1.82, 2.24) is 19.9 Å². The topological polar surface area (TPSA) is 45.2 Å². The lowest BCUT2D eigenvalue weighted by atomic mass is 9.97. The Balaban J connectivity index is 1.34. The lowest BCUT2D eigenvalue weighted by Crippen LogP contribution is -2.54. The van der Waals surface area contributed by atoms with Gasteiger partial charge < -0.3 is 4.90 Å². The molecule has 0 N–H and O–H groups in total. The summed E-state index contributed by atoms with van der Waals surface area (Å²) in [6.07, 6.45) is 7.44. The quantitative estimate of drug-likeness (QED) is 0.334. The monoisotopic (exact) mass is 499 g/mol. The van der Waals surface area contributed by atoms with Crippen molar-refractivity contribution in [1.29, 1.82) is 0 Å². The smallest absolute Gasteiger partial charge is 0.175 e. The number of piperazine rings is 1. The van der Waals surface area contributed by atoms with Crippen molar-refractivity contribution in [3.05, 3.63) is 59.6 Å². The molecular weight excluding hydrogens is 468 g/mol. The van der Waals surface area contributed by atoms with Crippen LogP contribution in [-0.2, 0) is 6.42 Å². The minimum absolute atomic E-state index is 0.132. The number of fused-ring (bicyclic) bond motifs is 4. The van der Waals surface area contributed by atoms with Gasteiger partial charge in [-0.3, -0.25) is 9.88 Å². The van der Waals surface area contributed by atoms with E-state index >= 15 is 4.39 Å². The average Bonchev–Trinajstić information content (AvgIpc) is 3.68. The molecule has 5 nitrogen and oxygen atoms in total. The van der Waals surface area contributed by atoms with Gasteiger partial charge in [-0.2, -0.15) is 0 Å². The van der Waals surface area contributed by atoms with E-state index in [1.54, 1.807) is 12.3 Å². The second kappa shape index (κ2) is 8.69. The van der Waals surface area contributed by atoms with Crippen molar-refractivity contribution in [3.63, 3.8) is 0 Å². The molecule has 3 aliphatic rings. The number of hydrogen-bond donors (Lipinski definition) is 0. The van der Waals surface area contributed by atoms with Crippen LogP contribution in [0.3, 0.4) is 0 Å². The van der Waals surface area contributed by atoms with Gasteiger partial charge in [-0.05, 0) is 61.6 Å². The number of anilines is 1. The lowest BCUT2D eigenvalue weighted by molar-refractivity contribution is 0.162. The molecule has 7 rings (SSSR count). The summed E-state index contributed by atoms with van der Waals surface area (Å²) < 4.78 is 31.2. The molecule has 1 aliphatic carbocycles. The first-order valence-corrected chi connectivity index (χ1v) is 13.5. The van der Waals surface area contributed by atoms with Gasteiger partial charge in [-0.25, -0.2) is 18.7 Å². The number of halogens is 2. The number of aryl methyl sites for hydroxylation is 2. The molecule has 2 aromatic carbocycles. The van der Waals surface area contributed by atoms with E-state index in [4.69, 9.17) is 4.98 Å². The van der Waals surface area contributed by atoms with Crippen LogP contribution >= 0.6 is 0 Å². The number of benzene rings is 2. The van der Waals surface area contributed by atoms with Gasteiger partial charge >= 0.3 is 0 Å². The second-order valence-corrected chi connectivity index (χ2v) is 11.1. The summed E-state index contributed by atoms with van der Waals surface area (Å²) in [5.41, 5.74) is 1.78. The predicted molar refractivity (Wildman–Crippen MR) is 143 cm³/mol. The summed E-state index contributed by atoms with van der Waals surface area (Å²) in [6, 6.07) is 9.69. The van der Waals surface area contributed by atoms with E-state index < -0.39 is 5.82 Å². The summed E-state index contributed by atoms with van der Waals surface area (Å²) in [6.45, 7) is 6.94. The standard InChI is InChI=1S/C30H31F2N5/c1-3-25-34-29-23(30(35-25)36-15-20-9-10-21(16-36)37(20)14-18-7-8-18)13-33-28(27(29)32)22-12-17(2)11-19-5-4-6-24(31)26(19)22/h4-6,11-13,18,20-21H,3,7-10,14-16H2,1-2H3. The Morgan fingerprint density at radius 1 is 1.00 bits per heavy atom. The van der Waals surface area contributed by atoms with Gasteiger partial charge in [0, 0.05) is 55.3 Å². The molecule has 190 valence electrons. The van der Waals surface area contributed by atoms with Crippen LogP contribution in [0.4, 0.5) is 14.6 Å². The molecule has 1 saturated carbocycles. The van der Waals surface area contributed by atoms with E-state index in [2.05, 4.69) is 19.8 Å². The first-order valence-electron chi connectivity index (χ1n) is 13.5. The van der Waals surface area contributed by atoms with Gasteiger partial charge in [0.05, 0.1) is 5.39 Å². The Hall–Kier alpha value is -3.19. The summed E-state index contributed by atoms with van der Waals surface area (Å²) in [7, 11) is 0. The van der Waals surface area contributed by atoms with Crippen molar-refractivity contribution >= 4 is 27.5 Å². The van der Waals surface area contributed by atoms with E-state index in [0.29, 0.717) is 40.7 Å². The van der Waals surface area contributed by atoms with Crippen molar-refractivity contribution in [2.75, 3.05) is 24.5 Å². The van der Waals surface area contributed by atoms with Crippen LogP contribution in [0.2, 0.25) is 0 Å². The minimum atomic E-state index is -0.513. The number of aromatic nitrogens is 3. The van der Waals surface area contributed by atoms with Crippen molar-refractivity contribution in [2.45, 2.75) is 58.0 Å². The van der Waals surface area contributed by atoms with Gasteiger partial charge in [-0.1, -0.05) is 25.1 Å². The first kappa shape index (κ1) is 23.0. The third kappa shape index (κ3) is 3.86. The molecule has 2 bridgehead atoms.